The van der Waals surface area contributed by atoms with Crippen molar-refractivity contribution >= 4 is 26.6 Å². The van der Waals surface area contributed by atoms with Crippen LogP contribution in [0.2, 0.25) is 0 Å². The zero-order valence-corrected chi connectivity index (χ0v) is 18.9. The van der Waals surface area contributed by atoms with E-state index in [-0.39, 0.29) is 6.04 Å². The summed E-state index contributed by atoms with van der Waals surface area (Å²) in [6.45, 7) is 5.14. The van der Waals surface area contributed by atoms with E-state index in [1.807, 2.05) is 29.8 Å². The van der Waals surface area contributed by atoms with E-state index in [1.54, 1.807) is 13.1 Å². The van der Waals surface area contributed by atoms with Crippen LogP contribution in [0.4, 0.5) is 5.69 Å². The first-order valence-corrected chi connectivity index (χ1v) is 12.6. The highest BCUT2D eigenvalue weighted by atomic mass is 32.2. The quantitative estimate of drug-likeness (QED) is 0.655. The van der Waals surface area contributed by atoms with Crippen LogP contribution in [0.5, 0.6) is 0 Å². The molecule has 1 saturated heterocycles. The number of fused-ring (bicyclic) bond motifs is 1. The molecule has 0 bridgehead atoms. The molecule has 1 aromatic carbocycles. The number of anilines is 1. The van der Waals surface area contributed by atoms with Crippen LogP contribution < -0.4 is 9.62 Å². The van der Waals surface area contributed by atoms with Crippen molar-refractivity contribution in [3.63, 3.8) is 0 Å². The van der Waals surface area contributed by atoms with E-state index < -0.39 is 10.0 Å². The van der Waals surface area contributed by atoms with E-state index in [4.69, 9.17) is 0 Å². The Balaban J connectivity index is 1.36. The van der Waals surface area contributed by atoms with Gasteiger partial charge in [-0.05, 0) is 57.4 Å². The van der Waals surface area contributed by atoms with E-state index in [2.05, 4.69) is 31.8 Å². The summed E-state index contributed by atoms with van der Waals surface area (Å²) in [6.07, 6.45) is 7.09. The number of pyridine rings is 1. The molecule has 31 heavy (non-hydrogen) atoms. The molecule has 3 heterocycles. The van der Waals surface area contributed by atoms with Crippen molar-refractivity contribution in [1.29, 1.82) is 0 Å². The molecule has 0 radical (unpaired) electrons. The van der Waals surface area contributed by atoms with Gasteiger partial charge in [0.25, 0.3) is 0 Å². The minimum absolute atomic E-state index is 0.134. The third kappa shape index (κ3) is 3.72. The van der Waals surface area contributed by atoms with Crippen LogP contribution in [0.25, 0.3) is 10.9 Å². The van der Waals surface area contributed by atoms with Gasteiger partial charge < -0.3 is 4.90 Å². The molecule has 164 valence electrons. The zero-order chi connectivity index (χ0) is 21.6. The van der Waals surface area contributed by atoms with Crippen LogP contribution in [-0.4, -0.2) is 42.3 Å². The Morgan fingerprint density at radius 3 is 2.68 bits per heavy atom. The van der Waals surface area contributed by atoms with Gasteiger partial charge in [-0.3, -0.25) is 9.67 Å². The molecule has 7 nitrogen and oxygen atoms in total. The summed E-state index contributed by atoms with van der Waals surface area (Å²) < 4.78 is 31.6. The van der Waals surface area contributed by atoms with Crippen molar-refractivity contribution in [3.05, 3.63) is 47.9 Å². The average Bonchev–Trinajstić information content (AvgIpc) is 3.48. The lowest BCUT2D eigenvalue weighted by molar-refractivity contribution is 0.453. The van der Waals surface area contributed by atoms with Gasteiger partial charge in [-0.25, -0.2) is 13.1 Å². The Kier molecular flexibility index (Phi) is 5.22. The van der Waals surface area contributed by atoms with Gasteiger partial charge in [0.15, 0.2) is 0 Å². The monoisotopic (exact) mass is 439 g/mol. The Morgan fingerprint density at radius 2 is 1.87 bits per heavy atom. The second kappa shape index (κ2) is 7.91. The summed E-state index contributed by atoms with van der Waals surface area (Å²) in [7, 11) is -3.63. The second-order valence-corrected chi connectivity index (χ2v) is 10.4. The predicted molar refractivity (Wildman–Crippen MR) is 122 cm³/mol. The number of rotatable bonds is 5. The molecular weight excluding hydrogens is 410 g/mol. The smallest absolute Gasteiger partial charge is 0.244 e. The number of sulfonamides is 1. The highest BCUT2D eigenvalue weighted by molar-refractivity contribution is 7.89. The summed E-state index contributed by atoms with van der Waals surface area (Å²) in [5.41, 5.74) is 3.40. The van der Waals surface area contributed by atoms with E-state index in [0.29, 0.717) is 23.2 Å². The fourth-order valence-electron chi connectivity index (χ4n) is 5.26. The minimum atomic E-state index is -3.63. The van der Waals surface area contributed by atoms with Crippen LogP contribution in [0.15, 0.2) is 41.4 Å². The first-order valence-electron chi connectivity index (χ1n) is 11.1. The molecule has 8 heteroatoms. The molecule has 2 fully saturated rings. The molecule has 1 atom stereocenters. The number of hydrogen-bond acceptors (Lipinski definition) is 5. The van der Waals surface area contributed by atoms with Gasteiger partial charge in [-0.15, -0.1) is 0 Å². The summed E-state index contributed by atoms with van der Waals surface area (Å²) in [5, 5.41) is 5.71. The number of nitrogens with one attached hydrogen (secondary N) is 1. The number of hydrogen-bond donors (Lipinski definition) is 1. The van der Waals surface area contributed by atoms with E-state index in [0.717, 1.165) is 48.1 Å². The molecule has 0 amide bonds. The van der Waals surface area contributed by atoms with Gasteiger partial charge in [-0.1, -0.05) is 18.9 Å². The lowest BCUT2D eigenvalue weighted by atomic mass is 10.1. The van der Waals surface area contributed by atoms with Crippen molar-refractivity contribution in [2.45, 2.75) is 62.9 Å². The fourth-order valence-corrected chi connectivity index (χ4v) is 6.92. The maximum Gasteiger partial charge on any atom is 0.244 e. The SMILES string of the molecule is Cc1nn(C2CCCC2)c(C)c1S(=O)(=O)NC1CCN(c2cccc3ncccc23)C1. The van der Waals surface area contributed by atoms with Gasteiger partial charge in [0.2, 0.25) is 10.0 Å². The predicted octanol–water partition coefficient (Wildman–Crippen LogP) is 3.72. The Morgan fingerprint density at radius 1 is 1.06 bits per heavy atom. The van der Waals surface area contributed by atoms with E-state index >= 15 is 0 Å². The second-order valence-electron chi connectivity index (χ2n) is 8.78. The molecule has 1 N–H and O–H groups in total. The third-order valence-corrected chi connectivity index (χ3v) is 8.44. The highest BCUT2D eigenvalue weighted by Gasteiger charge is 2.32. The molecular formula is C23H29N5O2S. The normalized spacial score (nSPS) is 20.2. The first kappa shape index (κ1) is 20.5. The Labute approximate surface area is 183 Å². The number of nitrogens with zero attached hydrogens (tertiary/aromatic N) is 4. The molecule has 2 aromatic heterocycles. The van der Waals surface area contributed by atoms with E-state index in [1.165, 1.54) is 12.8 Å². The molecule has 5 rings (SSSR count). The fraction of sp³-hybridized carbons (Fsp3) is 0.478. The summed E-state index contributed by atoms with van der Waals surface area (Å²) in [5.74, 6) is 0. The van der Waals surface area contributed by atoms with Crippen molar-refractivity contribution in [3.8, 4) is 0 Å². The minimum Gasteiger partial charge on any atom is -0.369 e. The lowest BCUT2D eigenvalue weighted by Gasteiger charge is -2.21. The maximum atomic E-state index is 13.3. The molecule has 1 aliphatic heterocycles. The molecule has 1 aliphatic carbocycles. The third-order valence-electron chi connectivity index (χ3n) is 6.67. The molecule has 2 aliphatic rings. The van der Waals surface area contributed by atoms with Crippen LogP contribution in [0, 0.1) is 13.8 Å². The van der Waals surface area contributed by atoms with Gasteiger partial charge in [0, 0.05) is 36.4 Å². The van der Waals surface area contributed by atoms with Gasteiger partial charge in [-0.2, -0.15) is 5.10 Å². The van der Waals surface area contributed by atoms with Crippen molar-refractivity contribution < 1.29 is 8.42 Å². The Bertz CT molecular complexity index is 1210. The van der Waals surface area contributed by atoms with Crippen LogP contribution in [0.1, 0.15) is 49.5 Å². The Hall–Kier alpha value is -2.45. The summed E-state index contributed by atoms with van der Waals surface area (Å²) >= 11 is 0. The van der Waals surface area contributed by atoms with Crippen LogP contribution in [-0.2, 0) is 10.0 Å². The number of aromatic nitrogens is 3. The summed E-state index contributed by atoms with van der Waals surface area (Å²) in [6, 6.07) is 10.3. The highest BCUT2D eigenvalue weighted by Crippen LogP contribution is 2.33. The number of aryl methyl sites for hydroxylation is 1. The van der Waals surface area contributed by atoms with Crippen molar-refractivity contribution in [2.75, 3.05) is 18.0 Å². The van der Waals surface area contributed by atoms with Crippen molar-refractivity contribution in [1.82, 2.24) is 19.5 Å². The molecule has 1 saturated carbocycles. The average molecular weight is 440 g/mol. The van der Waals surface area contributed by atoms with E-state index in [9.17, 15) is 8.42 Å². The van der Waals surface area contributed by atoms with Gasteiger partial charge in [0.1, 0.15) is 4.90 Å². The van der Waals surface area contributed by atoms with Crippen LogP contribution in [0.3, 0.4) is 0 Å². The first-order chi connectivity index (χ1) is 14.9. The maximum absolute atomic E-state index is 13.3. The van der Waals surface area contributed by atoms with Crippen LogP contribution >= 0.6 is 0 Å². The zero-order valence-electron chi connectivity index (χ0n) is 18.1. The largest absolute Gasteiger partial charge is 0.369 e. The molecule has 1 unspecified atom stereocenters. The number of benzene rings is 1. The van der Waals surface area contributed by atoms with Gasteiger partial charge in [0.05, 0.1) is 22.9 Å². The van der Waals surface area contributed by atoms with Crippen molar-refractivity contribution in [2.24, 2.45) is 0 Å². The van der Waals surface area contributed by atoms with Gasteiger partial charge >= 0.3 is 0 Å². The standard InChI is InChI=1S/C23H29N5O2S/c1-16-23(17(2)28(25-16)19-7-3-4-8-19)31(29,30)26-18-12-14-27(15-18)22-11-5-10-21-20(22)9-6-13-24-21/h5-6,9-11,13,18-19,26H,3-4,7-8,12,14-15H2,1-2H3. The summed E-state index contributed by atoms with van der Waals surface area (Å²) in [4.78, 5) is 7.04. The molecule has 0 spiro atoms. The lowest BCUT2D eigenvalue weighted by Crippen LogP contribution is -2.37. The topological polar surface area (TPSA) is 80.1 Å². The molecule has 3 aromatic rings.